The first kappa shape index (κ1) is 26.1. The summed E-state index contributed by atoms with van der Waals surface area (Å²) < 4.78 is 40.4. The van der Waals surface area contributed by atoms with Crippen molar-refractivity contribution >= 4 is 35.9 Å². The molecule has 11 heteroatoms. The van der Waals surface area contributed by atoms with E-state index in [1.807, 2.05) is 12.1 Å². The van der Waals surface area contributed by atoms with Crippen LogP contribution in [0.2, 0.25) is 5.02 Å². The van der Waals surface area contributed by atoms with E-state index in [2.05, 4.69) is 0 Å². The maximum Gasteiger partial charge on any atom is 0.320 e. The van der Waals surface area contributed by atoms with Gasteiger partial charge in [-0.05, 0) is 35.7 Å². The Balaban J connectivity index is 0.00000324. The van der Waals surface area contributed by atoms with Crippen LogP contribution in [0.15, 0.2) is 36.4 Å². The van der Waals surface area contributed by atoms with Crippen LogP contribution in [-0.2, 0) is 17.8 Å². The van der Waals surface area contributed by atoms with E-state index in [9.17, 15) is 22.8 Å². The van der Waals surface area contributed by atoms with Gasteiger partial charge in [0.2, 0.25) is 5.91 Å². The molecule has 6 nitrogen and oxygen atoms in total. The van der Waals surface area contributed by atoms with Crippen LogP contribution in [-0.4, -0.2) is 64.9 Å². The fourth-order valence-corrected chi connectivity index (χ4v) is 4.50. The molecule has 0 saturated carbocycles. The zero-order valence-corrected chi connectivity index (χ0v) is 19.8. The molecule has 2 N–H and O–H groups in total. The van der Waals surface area contributed by atoms with Crippen LogP contribution in [0.4, 0.5) is 18.0 Å². The molecule has 0 radical (unpaired) electrons. The number of benzene rings is 2. The molecule has 34 heavy (non-hydrogen) atoms. The summed E-state index contributed by atoms with van der Waals surface area (Å²) in [5, 5.41) is 0.628. The number of piperazine rings is 1. The first-order valence-corrected chi connectivity index (χ1v) is 11.1. The Morgan fingerprint density at radius 3 is 2.44 bits per heavy atom. The zero-order valence-electron chi connectivity index (χ0n) is 18.2. The highest BCUT2D eigenvalue weighted by atomic mass is 35.5. The molecule has 2 aliphatic rings. The van der Waals surface area contributed by atoms with E-state index in [0.29, 0.717) is 43.8 Å². The predicted octanol–water partition coefficient (Wildman–Crippen LogP) is 3.59. The summed E-state index contributed by atoms with van der Waals surface area (Å²) in [6.07, 6.45) is -0.154. The summed E-state index contributed by atoms with van der Waals surface area (Å²) in [6, 6.07) is 7.62. The molecule has 0 bridgehead atoms. The number of hydrogen-bond donors (Lipinski definition) is 1. The van der Waals surface area contributed by atoms with E-state index in [4.69, 9.17) is 17.3 Å². The SMILES string of the molecule is Cl.N[C@@H](CC(=O)N1CCN2C(=O)N(Cc3ccc(Cl)cc3)CC2C1)Cc1cc(F)c(F)cc1F. The molecule has 2 atom stereocenters. The van der Waals surface area contributed by atoms with Crippen molar-refractivity contribution in [2.45, 2.75) is 31.5 Å². The normalized spacial score (nSPS) is 18.6. The highest BCUT2D eigenvalue weighted by Gasteiger charge is 2.41. The van der Waals surface area contributed by atoms with Crippen LogP contribution in [0, 0.1) is 17.5 Å². The van der Waals surface area contributed by atoms with Gasteiger partial charge in [0.05, 0.1) is 6.04 Å². The summed E-state index contributed by atoms with van der Waals surface area (Å²) in [5.41, 5.74) is 6.90. The maximum absolute atomic E-state index is 13.9. The molecule has 2 aromatic rings. The average molecular weight is 517 g/mol. The highest BCUT2D eigenvalue weighted by molar-refractivity contribution is 6.30. The molecule has 2 aliphatic heterocycles. The molecule has 0 spiro atoms. The van der Waals surface area contributed by atoms with Crippen LogP contribution in [0.25, 0.3) is 0 Å². The largest absolute Gasteiger partial charge is 0.339 e. The summed E-state index contributed by atoms with van der Waals surface area (Å²) in [4.78, 5) is 30.7. The van der Waals surface area contributed by atoms with Gasteiger partial charge in [-0.25, -0.2) is 18.0 Å². The van der Waals surface area contributed by atoms with Gasteiger partial charge in [0.25, 0.3) is 0 Å². The Morgan fingerprint density at radius 2 is 1.74 bits per heavy atom. The van der Waals surface area contributed by atoms with Gasteiger partial charge in [-0.1, -0.05) is 23.7 Å². The molecule has 0 aromatic heterocycles. The minimum Gasteiger partial charge on any atom is -0.339 e. The second-order valence-electron chi connectivity index (χ2n) is 8.50. The fourth-order valence-electron chi connectivity index (χ4n) is 4.37. The Hall–Kier alpha value is -2.49. The zero-order chi connectivity index (χ0) is 23.7. The van der Waals surface area contributed by atoms with Crippen LogP contribution >= 0.6 is 24.0 Å². The van der Waals surface area contributed by atoms with Gasteiger partial charge in [0, 0.05) is 56.3 Å². The molecule has 2 saturated heterocycles. The van der Waals surface area contributed by atoms with Crippen molar-refractivity contribution in [3.63, 3.8) is 0 Å². The van der Waals surface area contributed by atoms with E-state index in [0.717, 1.165) is 11.6 Å². The molecule has 2 heterocycles. The van der Waals surface area contributed by atoms with Gasteiger partial charge in [-0.2, -0.15) is 0 Å². The molecule has 3 amide bonds. The van der Waals surface area contributed by atoms with Crippen LogP contribution < -0.4 is 5.73 Å². The standard InChI is InChI=1S/C23H24ClF3N4O2.ClH/c24-16-3-1-14(2-4-16)11-30-13-18-12-29(5-6-31(18)23(30)33)22(32)9-17(28)7-15-8-20(26)21(27)10-19(15)25;/h1-4,8,10,17-18H,5-7,9,11-13,28H2;1H/t17-,18?;/m1./s1. The van der Waals surface area contributed by atoms with E-state index in [1.54, 1.807) is 26.8 Å². The lowest BCUT2D eigenvalue weighted by Crippen LogP contribution is -2.54. The fraction of sp³-hybridized carbons (Fsp3) is 0.391. The third-order valence-corrected chi connectivity index (χ3v) is 6.33. The number of urea groups is 1. The Kier molecular flexibility index (Phi) is 8.33. The van der Waals surface area contributed by atoms with Crippen LogP contribution in [0.1, 0.15) is 17.5 Å². The molecule has 2 fully saturated rings. The average Bonchev–Trinajstić information content (AvgIpc) is 3.08. The summed E-state index contributed by atoms with van der Waals surface area (Å²) >= 11 is 5.92. The second-order valence-corrected chi connectivity index (χ2v) is 8.94. The van der Waals surface area contributed by atoms with E-state index in [1.165, 1.54) is 0 Å². The quantitative estimate of drug-likeness (QED) is 0.596. The molecule has 1 unspecified atom stereocenters. The lowest BCUT2D eigenvalue weighted by Gasteiger charge is -2.36. The second kappa shape index (κ2) is 10.8. The summed E-state index contributed by atoms with van der Waals surface area (Å²) in [6.45, 7) is 2.13. The first-order chi connectivity index (χ1) is 15.7. The van der Waals surface area contributed by atoms with Crippen molar-refractivity contribution in [1.82, 2.24) is 14.7 Å². The lowest BCUT2D eigenvalue weighted by atomic mass is 10.0. The molecule has 2 aromatic carbocycles. The van der Waals surface area contributed by atoms with Crippen LogP contribution in [0.3, 0.4) is 0 Å². The number of nitrogens with two attached hydrogens (primary N) is 1. The van der Waals surface area contributed by atoms with E-state index in [-0.39, 0.29) is 48.8 Å². The van der Waals surface area contributed by atoms with Crippen molar-refractivity contribution in [2.24, 2.45) is 5.73 Å². The molecule has 0 aliphatic carbocycles. The molecular weight excluding hydrogens is 492 g/mol. The number of amides is 3. The van der Waals surface area contributed by atoms with Crippen molar-refractivity contribution in [3.05, 3.63) is 70.0 Å². The first-order valence-electron chi connectivity index (χ1n) is 10.7. The Labute approximate surface area is 206 Å². The molecule has 184 valence electrons. The monoisotopic (exact) mass is 516 g/mol. The van der Waals surface area contributed by atoms with Crippen LogP contribution in [0.5, 0.6) is 0 Å². The molecular formula is C23H25Cl2F3N4O2. The van der Waals surface area contributed by atoms with Gasteiger partial charge in [0.15, 0.2) is 11.6 Å². The predicted molar refractivity (Wildman–Crippen MR) is 124 cm³/mol. The van der Waals surface area contributed by atoms with Gasteiger partial charge in [-0.15, -0.1) is 12.4 Å². The number of fused-ring (bicyclic) bond motifs is 1. The third-order valence-electron chi connectivity index (χ3n) is 6.08. The number of hydrogen-bond acceptors (Lipinski definition) is 3. The van der Waals surface area contributed by atoms with E-state index >= 15 is 0 Å². The van der Waals surface area contributed by atoms with Crippen molar-refractivity contribution in [2.75, 3.05) is 26.2 Å². The Bertz CT molecular complexity index is 1060. The Morgan fingerprint density at radius 1 is 1.06 bits per heavy atom. The number of carbonyl (C=O) groups is 2. The number of halogens is 5. The minimum absolute atomic E-state index is 0. The number of rotatable bonds is 6. The van der Waals surface area contributed by atoms with Crippen molar-refractivity contribution in [1.29, 1.82) is 0 Å². The van der Waals surface area contributed by atoms with Crippen molar-refractivity contribution in [3.8, 4) is 0 Å². The lowest BCUT2D eigenvalue weighted by molar-refractivity contribution is -0.133. The minimum atomic E-state index is -1.27. The van der Waals surface area contributed by atoms with Gasteiger partial charge >= 0.3 is 6.03 Å². The summed E-state index contributed by atoms with van der Waals surface area (Å²) in [5.74, 6) is -3.53. The highest BCUT2D eigenvalue weighted by Crippen LogP contribution is 2.24. The van der Waals surface area contributed by atoms with E-state index < -0.39 is 23.5 Å². The maximum atomic E-state index is 13.9. The number of carbonyl (C=O) groups excluding carboxylic acids is 2. The summed E-state index contributed by atoms with van der Waals surface area (Å²) in [7, 11) is 0. The van der Waals surface area contributed by atoms with Gasteiger partial charge < -0.3 is 20.4 Å². The third kappa shape index (κ3) is 5.76. The topological polar surface area (TPSA) is 69.9 Å². The number of nitrogens with zero attached hydrogens (tertiary/aromatic N) is 3. The van der Waals surface area contributed by atoms with Crippen molar-refractivity contribution < 1.29 is 22.8 Å². The van der Waals surface area contributed by atoms with Gasteiger partial charge in [0.1, 0.15) is 5.82 Å². The van der Waals surface area contributed by atoms with Gasteiger partial charge in [-0.3, -0.25) is 4.79 Å². The smallest absolute Gasteiger partial charge is 0.320 e. The molecule has 4 rings (SSSR count).